The number of nitrogens with zero attached hydrogens (tertiary/aromatic N) is 3. The molecule has 0 amide bonds. The Morgan fingerprint density at radius 2 is 2.29 bits per heavy atom. The number of guanidine groups is 1. The zero-order chi connectivity index (χ0) is 14.8. The summed E-state index contributed by atoms with van der Waals surface area (Å²) in [5.41, 5.74) is 1.06. The molecule has 0 bridgehead atoms. The number of aryl methyl sites for hydroxylation is 1. The van der Waals surface area contributed by atoms with E-state index >= 15 is 0 Å². The second-order valence-electron chi connectivity index (χ2n) is 4.61. The summed E-state index contributed by atoms with van der Waals surface area (Å²) in [6.45, 7) is 10.5. The number of thiazole rings is 1. The van der Waals surface area contributed by atoms with Crippen LogP contribution in [0.15, 0.2) is 23.0 Å². The molecule has 1 rings (SSSR count). The summed E-state index contributed by atoms with van der Waals surface area (Å²) < 4.78 is 0. The van der Waals surface area contributed by atoms with Crippen LogP contribution in [0.3, 0.4) is 0 Å². The number of hydrogen-bond donors (Lipinski definition) is 1. The number of rotatable bonds is 8. The van der Waals surface area contributed by atoms with Gasteiger partial charge in [-0.1, -0.05) is 13.0 Å². The molecule has 0 saturated carbocycles. The highest BCUT2D eigenvalue weighted by atomic mass is 127. The molecule has 0 fully saturated rings. The summed E-state index contributed by atoms with van der Waals surface area (Å²) in [6, 6.07) is 0. The molecule has 0 aliphatic carbocycles. The van der Waals surface area contributed by atoms with Crippen molar-refractivity contribution in [1.29, 1.82) is 0 Å². The maximum atomic E-state index is 4.66. The molecule has 4 nitrogen and oxygen atoms in total. The van der Waals surface area contributed by atoms with Crippen molar-refractivity contribution in [3.63, 3.8) is 0 Å². The average Bonchev–Trinajstić information content (AvgIpc) is 2.91. The van der Waals surface area contributed by atoms with Crippen LogP contribution in [0, 0.1) is 0 Å². The fourth-order valence-electron chi connectivity index (χ4n) is 1.79. The van der Waals surface area contributed by atoms with Gasteiger partial charge in [-0.3, -0.25) is 0 Å². The molecule has 0 unspecified atom stereocenters. The lowest BCUT2D eigenvalue weighted by atomic mass is 10.3. The van der Waals surface area contributed by atoms with E-state index in [0.29, 0.717) is 6.54 Å². The van der Waals surface area contributed by atoms with Crippen molar-refractivity contribution in [2.24, 2.45) is 4.99 Å². The fourth-order valence-corrected chi connectivity index (χ4v) is 2.52. The van der Waals surface area contributed by atoms with Crippen molar-refractivity contribution in [2.75, 3.05) is 20.1 Å². The Bertz CT molecular complexity index is 431. The number of aliphatic imine (C=N–C) groups is 1. The van der Waals surface area contributed by atoms with Gasteiger partial charge < -0.3 is 10.2 Å². The molecule has 1 heterocycles. The van der Waals surface area contributed by atoms with Gasteiger partial charge in [0.1, 0.15) is 0 Å². The van der Waals surface area contributed by atoms with E-state index in [4.69, 9.17) is 0 Å². The van der Waals surface area contributed by atoms with Crippen LogP contribution in [0.25, 0.3) is 0 Å². The molecule has 0 aliphatic rings. The normalized spacial score (nSPS) is 10.9. The third-order valence-electron chi connectivity index (χ3n) is 2.89. The van der Waals surface area contributed by atoms with E-state index in [1.165, 1.54) is 5.01 Å². The van der Waals surface area contributed by atoms with Crippen LogP contribution in [0.4, 0.5) is 0 Å². The molecular formula is C15H27IN4S. The average molecular weight is 422 g/mol. The zero-order valence-corrected chi connectivity index (χ0v) is 16.4. The van der Waals surface area contributed by atoms with Crippen molar-refractivity contribution in [3.05, 3.63) is 28.7 Å². The van der Waals surface area contributed by atoms with Crippen LogP contribution in [0.5, 0.6) is 0 Å². The maximum absolute atomic E-state index is 4.66. The molecule has 0 spiro atoms. The van der Waals surface area contributed by atoms with E-state index in [9.17, 15) is 0 Å². The Balaban J connectivity index is 0.00000400. The quantitative estimate of drug-likeness (QED) is 0.228. The standard InChI is InChI=1S/C15H26N4S.HI/c1-5-8-9-10-19(4)15(16-7-3)17-11-13-12-20-14(6-2)18-13;/h5,12H,1,6-11H2,2-4H3,(H,16,17);1H. The van der Waals surface area contributed by atoms with E-state index in [-0.39, 0.29) is 24.0 Å². The van der Waals surface area contributed by atoms with Crippen LogP contribution in [0.2, 0.25) is 0 Å². The first-order valence-corrected chi connectivity index (χ1v) is 8.12. The van der Waals surface area contributed by atoms with Crippen LogP contribution in [0.1, 0.15) is 37.4 Å². The highest BCUT2D eigenvalue weighted by Gasteiger charge is 2.05. The number of halogens is 1. The first-order valence-electron chi connectivity index (χ1n) is 7.24. The van der Waals surface area contributed by atoms with Crippen molar-refractivity contribution in [1.82, 2.24) is 15.2 Å². The Labute approximate surface area is 149 Å². The van der Waals surface area contributed by atoms with Gasteiger partial charge in [0.15, 0.2) is 5.96 Å². The van der Waals surface area contributed by atoms with Crippen molar-refractivity contribution in [2.45, 2.75) is 39.7 Å². The van der Waals surface area contributed by atoms with Crippen LogP contribution >= 0.6 is 35.3 Å². The molecule has 1 aromatic heterocycles. The molecule has 0 saturated heterocycles. The fraction of sp³-hybridized carbons (Fsp3) is 0.600. The number of hydrogen-bond acceptors (Lipinski definition) is 3. The lowest BCUT2D eigenvalue weighted by Gasteiger charge is -2.21. The first kappa shape index (κ1) is 20.4. The first-order chi connectivity index (χ1) is 9.71. The van der Waals surface area contributed by atoms with Crippen LogP contribution in [-0.4, -0.2) is 36.0 Å². The summed E-state index contributed by atoms with van der Waals surface area (Å²) in [5.74, 6) is 0.947. The molecule has 0 aliphatic heterocycles. The van der Waals surface area contributed by atoms with E-state index < -0.39 is 0 Å². The number of aromatic nitrogens is 1. The second-order valence-corrected chi connectivity index (χ2v) is 5.55. The predicted molar refractivity (Wildman–Crippen MR) is 104 cm³/mol. The summed E-state index contributed by atoms with van der Waals surface area (Å²) in [5, 5.41) is 6.61. The van der Waals surface area contributed by atoms with Crippen molar-refractivity contribution in [3.8, 4) is 0 Å². The van der Waals surface area contributed by atoms with E-state index in [2.05, 4.69) is 53.0 Å². The summed E-state index contributed by atoms with van der Waals surface area (Å²) >= 11 is 1.71. The number of nitrogens with one attached hydrogen (secondary N) is 1. The van der Waals surface area contributed by atoms with Gasteiger partial charge in [-0.05, 0) is 26.2 Å². The summed E-state index contributed by atoms with van der Waals surface area (Å²) in [6.07, 6.45) is 5.09. The topological polar surface area (TPSA) is 40.5 Å². The minimum Gasteiger partial charge on any atom is -0.357 e. The predicted octanol–water partition coefficient (Wildman–Crippen LogP) is 3.69. The molecule has 0 aromatic carbocycles. The molecule has 21 heavy (non-hydrogen) atoms. The molecule has 1 aromatic rings. The monoisotopic (exact) mass is 422 g/mol. The zero-order valence-electron chi connectivity index (χ0n) is 13.3. The summed E-state index contributed by atoms with van der Waals surface area (Å²) in [7, 11) is 2.07. The van der Waals surface area contributed by atoms with Gasteiger partial charge in [-0.15, -0.1) is 41.9 Å². The Morgan fingerprint density at radius 3 is 2.86 bits per heavy atom. The molecule has 0 radical (unpaired) electrons. The number of allylic oxidation sites excluding steroid dienone is 1. The van der Waals surface area contributed by atoms with Crippen LogP contribution in [-0.2, 0) is 13.0 Å². The van der Waals surface area contributed by atoms with Gasteiger partial charge in [0.05, 0.1) is 17.2 Å². The minimum absolute atomic E-state index is 0. The Hall–Kier alpha value is -0.630. The van der Waals surface area contributed by atoms with E-state index in [0.717, 1.165) is 44.0 Å². The third-order valence-corrected chi connectivity index (χ3v) is 3.93. The summed E-state index contributed by atoms with van der Waals surface area (Å²) in [4.78, 5) is 11.4. The van der Waals surface area contributed by atoms with Gasteiger partial charge in [-0.2, -0.15) is 0 Å². The van der Waals surface area contributed by atoms with Crippen molar-refractivity contribution < 1.29 is 0 Å². The SMILES string of the molecule is C=CCCCN(C)C(=NCc1csc(CC)n1)NCC.I. The smallest absolute Gasteiger partial charge is 0.194 e. The largest absolute Gasteiger partial charge is 0.357 e. The van der Waals surface area contributed by atoms with E-state index in [1.807, 2.05) is 6.08 Å². The molecule has 1 N–H and O–H groups in total. The molecule has 120 valence electrons. The Morgan fingerprint density at radius 1 is 1.52 bits per heavy atom. The Kier molecular flexibility index (Phi) is 11.6. The highest BCUT2D eigenvalue weighted by Crippen LogP contribution is 2.11. The second kappa shape index (κ2) is 12.0. The molecule has 6 heteroatoms. The van der Waals surface area contributed by atoms with Gasteiger partial charge in [0.25, 0.3) is 0 Å². The van der Waals surface area contributed by atoms with Gasteiger partial charge >= 0.3 is 0 Å². The van der Waals surface area contributed by atoms with E-state index in [1.54, 1.807) is 11.3 Å². The molecular weight excluding hydrogens is 395 g/mol. The minimum atomic E-state index is 0. The maximum Gasteiger partial charge on any atom is 0.194 e. The third kappa shape index (κ3) is 7.80. The molecule has 0 atom stereocenters. The van der Waals surface area contributed by atoms with Crippen LogP contribution < -0.4 is 5.32 Å². The van der Waals surface area contributed by atoms with Gasteiger partial charge in [-0.25, -0.2) is 9.98 Å². The van der Waals surface area contributed by atoms with Gasteiger partial charge in [0.2, 0.25) is 0 Å². The lowest BCUT2D eigenvalue weighted by molar-refractivity contribution is 0.470. The van der Waals surface area contributed by atoms with Crippen molar-refractivity contribution >= 4 is 41.3 Å². The lowest BCUT2D eigenvalue weighted by Crippen LogP contribution is -2.39. The number of unbranched alkanes of at least 4 members (excludes halogenated alkanes) is 1. The highest BCUT2D eigenvalue weighted by molar-refractivity contribution is 14.0. The van der Waals surface area contributed by atoms with Gasteiger partial charge in [0, 0.05) is 25.5 Å².